The number of nitrogens with one attached hydrogen (secondary N) is 2. The van der Waals surface area contributed by atoms with E-state index in [1.54, 1.807) is 11.3 Å². The van der Waals surface area contributed by atoms with Crippen molar-refractivity contribution in [2.75, 3.05) is 13.1 Å². The normalized spacial score (nSPS) is 16.2. The molecule has 1 saturated carbocycles. The average Bonchev–Trinajstić information content (AvgIpc) is 2.97. The Morgan fingerprint density at radius 2 is 2.38 bits per heavy atom. The minimum atomic E-state index is 0.775. The molecule has 0 saturated heterocycles. The lowest BCUT2D eigenvalue weighted by Gasteiger charge is -2.10. The molecule has 1 aromatic heterocycles. The predicted molar refractivity (Wildman–Crippen MR) is 69.9 cm³/mol. The molecule has 1 aliphatic rings. The van der Waals surface area contributed by atoms with Gasteiger partial charge in [0.1, 0.15) is 0 Å². The van der Waals surface area contributed by atoms with Gasteiger partial charge in [-0.1, -0.05) is 6.07 Å². The van der Waals surface area contributed by atoms with Gasteiger partial charge in [-0.2, -0.15) is 0 Å². The molecule has 0 radical (unpaired) electrons. The van der Waals surface area contributed by atoms with E-state index in [-0.39, 0.29) is 0 Å². The van der Waals surface area contributed by atoms with E-state index >= 15 is 0 Å². The third kappa shape index (κ3) is 3.85. The van der Waals surface area contributed by atoms with Crippen LogP contribution in [0.5, 0.6) is 0 Å². The lowest BCUT2D eigenvalue weighted by molar-refractivity contribution is 0.740. The van der Waals surface area contributed by atoms with E-state index in [4.69, 9.17) is 0 Å². The zero-order valence-electron chi connectivity index (χ0n) is 9.70. The lowest BCUT2D eigenvalue weighted by Crippen LogP contribution is -2.38. The van der Waals surface area contributed by atoms with Crippen LogP contribution in [0.25, 0.3) is 0 Å². The fourth-order valence-electron chi connectivity index (χ4n) is 1.46. The average molecular weight is 237 g/mol. The summed E-state index contributed by atoms with van der Waals surface area (Å²) in [7, 11) is 0. The van der Waals surface area contributed by atoms with E-state index in [1.807, 2.05) is 0 Å². The zero-order valence-corrected chi connectivity index (χ0v) is 10.5. The van der Waals surface area contributed by atoms with Gasteiger partial charge < -0.3 is 10.6 Å². The molecule has 1 aliphatic carbocycles. The molecule has 0 atom stereocenters. The number of guanidine groups is 1. The van der Waals surface area contributed by atoms with Crippen LogP contribution in [0.3, 0.4) is 0 Å². The predicted octanol–water partition coefficient (Wildman–Crippen LogP) is 2.21. The highest BCUT2D eigenvalue weighted by atomic mass is 32.1. The maximum absolute atomic E-state index is 4.56. The van der Waals surface area contributed by atoms with Crippen LogP contribution in [0.1, 0.15) is 24.6 Å². The highest BCUT2D eigenvalue weighted by Gasteiger charge is 2.20. The van der Waals surface area contributed by atoms with Crippen molar-refractivity contribution in [3.05, 3.63) is 22.4 Å². The van der Waals surface area contributed by atoms with E-state index in [2.05, 4.69) is 40.1 Å². The van der Waals surface area contributed by atoms with Gasteiger partial charge in [0.25, 0.3) is 0 Å². The van der Waals surface area contributed by atoms with Gasteiger partial charge in [-0.05, 0) is 37.1 Å². The first-order chi connectivity index (χ1) is 7.88. The summed E-state index contributed by atoms with van der Waals surface area (Å²) in [5.41, 5.74) is 0. The number of thiophene rings is 1. The molecule has 0 unspecified atom stereocenters. The number of aliphatic imine (C=N–C) groups is 1. The van der Waals surface area contributed by atoms with Gasteiger partial charge in [0, 0.05) is 18.0 Å². The Balaban J connectivity index is 1.81. The fourth-order valence-corrected chi connectivity index (χ4v) is 2.09. The van der Waals surface area contributed by atoms with Gasteiger partial charge in [-0.25, -0.2) is 4.99 Å². The fraction of sp³-hybridized carbons (Fsp3) is 0.583. The van der Waals surface area contributed by atoms with Crippen LogP contribution in [-0.2, 0) is 6.54 Å². The molecule has 3 nitrogen and oxygen atoms in total. The molecule has 0 spiro atoms. The Morgan fingerprint density at radius 3 is 3.00 bits per heavy atom. The first-order valence-corrected chi connectivity index (χ1v) is 6.81. The summed E-state index contributed by atoms with van der Waals surface area (Å²) in [6, 6.07) is 4.19. The van der Waals surface area contributed by atoms with Gasteiger partial charge in [-0.3, -0.25) is 0 Å². The van der Waals surface area contributed by atoms with E-state index in [0.29, 0.717) is 0 Å². The molecule has 1 aromatic rings. The van der Waals surface area contributed by atoms with Crippen LogP contribution in [0.4, 0.5) is 0 Å². The molecule has 16 heavy (non-hydrogen) atoms. The van der Waals surface area contributed by atoms with Crippen molar-refractivity contribution in [1.29, 1.82) is 0 Å². The number of nitrogens with zero attached hydrogens (tertiary/aromatic N) is 1. The highest BCUT2D eigenvalue weighted by molar-refractivity contribution is 7.09. The second-order valence-corrected chi connectivity index (χ2v) is 5.13. The van der Waals surface area contributed by atoms with E-state index in [0.717, 1.165) is 31.5 Å². The van der Waals surface area contributed by atoms with Crippen LogP contribution >= 0.6 is 11.3 Å². The molecule has 0 aromatic carbocycles. The first kappa shape index (κ1) is 11.5. The molecule has 1 fully saturated rings. The molecular formula is C12H19N3S. The second-order valence-electron chi connectivity index (χ2n) is 4.10. The third-order valence-electron chi connectivity index (χ3n) is 2.57. The topological polar surface area (TPSA) is 36.4 Å². The molecule has 1 heterocycles. The Labute approximate surface area is 101 Å². The largest absolute Gasteiger partial charge is 0.357 e. The van der Waals surface area contributed by atoms with E-state index < -0.39 is 0 Å². The molecule has 2 N–H and O–H groups in total. The van der Waals surface area contributed by atoms with Crippen LogP contribution < -0.4 is 10.6 Å². The number of rotatable bonds is 5. The second kappa shape index (κ2) is 5.89. The Morgan fingerprint density at radius 1 is 1.50 bits per heavy atom. The highest BCUT2D eigenvalue weighted by Crippen LogP contribution is 2.27. The van der Waals surface area contributed by atoms with Crippen molar-refractivity contribution in [3.8, 4) is 0 Å². The van der Waals surface area contributed by atoms with Gasteiger partial charge in [-0.15, -0.1) is 11.3 Å². The lowest BCUT2D eigenvalue weighted by atomic mass is 10.4. The standard InChI is InChI=1S/C12H19N3S/c1-2-13-12(14-8-10-5-6-10)15-9-11-4-3-7-16-11/h3-4,7,10H,2,5-6,8-9H2,1H3,(H2,13,14,15). The van der Waals surface area contributed by atoms with Crippen molar-refractivity contribution in [1.82, 2.24) is 10.6 Å². The summed E-state index contributed by atoms with van der Waals surface area (Å²) in [6.07, 6.45) is 2.74. The Kier molecular flexibility index (Phi) is 4.22. The molecule has 2 rings (SSSR count). The molecular weight excluding hydrogens is 218 g/mol. The molecule has 88 valence electrons. The quantitative estimate of drug-likeness (QED) is 0.608. The summed E-state index contributed by atoms with van der Waals surface area (Å²) >= 11 is 1.76. The van der Waals surface area contributed by atoms with Crippen molar-refractivity contribution >= 4 is 17.3 Å². The molecule has 0 bridgehead atoms. The summed E-state index contributed by atoms with van der Waals surface area (Å²) in [6.45, 7) is 4.86. The van der Waals surface area contributed by atoms with Crippen LogP contribution in [0.2, 0.25) is 0 Å². The number of hydrogen-bond acceptors (Lipinski definition) is 2. The van der Waals surface area contributed by atoms with Gasteiger partial charge >= 0.3 is 0 Å². The monoisotopic (exact) mass is 237 g/mol. The van der Waals surface area contributed by atoms with Gasteiger partial charge in [0.2, 0.25) is 0 Å². The smallest absolute Gasteiger partial charge is 0.191 e. The molecule has 0 aliphatic heterocycles. The van der Waals surface area contributed by atoms with Crippen LogP contribution in [-0.4, -0.2) is 19.0 Å². The number of hydrogen-bond donors (Lipinski definition) is 2. The summed E-state index contributed by atoms with van der Waals surface area (Å²) in [5.74, 6) is 1.83. The SMILES string of the molecule is CCNC(=NCc1cccs1)NCC1CC1. The minimum Gasteiger partial charge on any atom is -0.357 e. The maximum Gasteiger partial charge on any atom is 0.191 e. The van der Waals surface area contributed by atoms with Crippen LogP contribution in [0, 0.1) is 5.92 Å². The Hall–Kier alpha value is -1.03. The third-order valence-corrected chi connectivity index (χ3v) is 3.43. The summed E-state index contributed by atoms with van der Waals surface area (Å²) < 4.78 is 0. The summed E-state index contributed by atoms with van der Waals surface area (Å²) in [4.78, 5) is 5.87. The van der Waals surface area contributed by atoms with E-state index in [1.165, 1.54) is 17.7 Å². The zero-order chi connectivity index (χ0) is 11.2. The summed E-state index contributed by atoms with van der Waals surface area (Å²) in [5, 5.41) is 8.75. The minimum absolute atomic E-state index is 0.775. The first-order valence-electron chi connectivity index (χ1n) is 5.93. The van der Waals surface area contributed by atoms with Crippen LogP contribution in [0.15, 0.2) is 22.5 Å². The van der Waals surface area contributed by atoms with Gasteiger partial charge in [0.15, 0.2) is 5.96 Å². The van der Waals surface area contributed by atoms with E-state index in [9.17, 15) is 0 Å². The van der Waals surface area contributed by atoms with Crippen molar-refractivity contribution in [2.45, 2.75) is 26.3 Å². The molecule has 4 heteroatoms. The van der Waals surface area contributed by atoms with Gasteiger partial charge in [0.05, 0.1) is 6.54 Å². The van der Waals surface area contributed by atoms with Crippen molar-refractivity contribution < 1.29 is 0 Å². The Bertz CT molecular complexity index is 328. The van der Waals surface area contributed by atoms with Crippen molar-refractivity contribution in [2.24, 2.45) is 10.9 Å². The maximum atomic E-state index is 4.56. The van der Waals surface area contributed by atoms with Crippen molar-refractivity contribution in [3.63, 3.8) is 0 Å². The molecule has 0 amide bonds.